The summed E-state index contributed by atoms with van der Waals surface area (Å²) in [6, 6.07) is 15.8. The molecule has 0 aliphatic heterocycles. The van der Waals surface area contributed by atoms with Gasteiger partial charge in [-0.3, -0.25) is 10.1 Å². The zero-order valence-electron chi connectivity index (χ0n) is 10.5. The molecule has 0 aliphatic carbocycles. The summed E-state index contributed by atoms with van der Waals surface area (Å²) < 4.78 is 10.6. The molecule has 0 aromatic heterocycles. The van der Waals surface area contributed by atoms with Crippen molar-refractivity contribution in [3.8, 4) is 0 Å². The molecule has 0 radical (unpaired) electrons. The molecule has 2 aromatic rings. The first-order valence-corrected chi connectivity index (χ1v) is 7.93. The highest BCUT2D eigenvalue weighted by molar-refractivity contribution is 8.27. The van der Waals surface area contributed by atoms with Gasteiger partial charge in [0.1, 0.15) is 0 Å². The predicted molar refractivity (Wildman–Crippen MR) is 77.7 cm³/mol. The average Bonchev–Trinajstić information content (AvgIpc) is 2.40. The molecule has 100 valence electrons. The quantitative estimate of drug-likeness (QED) is 0.677. The van der Waals surface area contributed by atoms with E-state index in [0.29, 0.717) is 5.75 Å². The normalized spacial score (nSPS) is 15.5. The number of hydrogen-bond acceptors (Lipinski definition) is 3. The van der Waals surface area contributed by atoms with Crippen molar-refractivity contribution >= 4 is 16.0 Å². The van der Waals surface area contributed by atoms with Gasteiger partial charge in [-0.1, -0.05) is 30.3 Å². The minimum atomic E-state index is -1.92. The lowest BCUT2D eigenvalue weighted by Gasteiger charge is -2.29. The Morgan fingerprint density at radius 2 is 1.68 bits per heavy atom. The molecule has 0 heterocycles. The van der Waals surface area contributed by atoms with Crippen molar-refractivity contribution in [3.05, 3.63) is 70.3 Å². The zero-order chi connectivity index (χ0) is 13.9. The molecular weight excluding hydrogens is 262 g/mol. The van der Waals surface area contributed by atoms with Gasteiger partial charge in [-0.25, -0.2) is 0 Å². The van der Waals surface area contributed by atoms with Gasteiger partial charge in [-0.2, -0.15) is 0 Å². The summed E-state index contributed by atoms with van der Waals surface area (Å²) in [6.07, 6.45) is 1.82. The van der Waals surface area contributed by atoms with Gasteiger partial charge in [0.2, 0.25) is 0 Å². The van der Waals surface area contributed by atoms with Crippen molar-refractivity contribution in [2.45, 2.75) is 10.6 Å². The van der Waals surface area contributed by atoms with E-state index in [-0.39, 0.29) is 5.69 Å². The smallest absolute Gasteiger partial charge is 0.269 e. The topological polar surface area (TPSA) is 63.4 Å². The fraction of sp³-hybridized carbons (Fsp3) is 0.143. The Kier molecular flexibility index (Phi) is 3.87. The van der Waals surface area contributed by atoms with E-state index in [9.17, 15) is 14.7 Å². The van der Waals surface area contributed by atoms with Gasteiger partial charge in [0.15, 0.2) is 0 Å². The third-order valence-electron chi connectivity index (χ3n) is 2.85. The largest absolute Gasteiger partial charge is 0.347 e. The molecule has 0 bridgehead atoms. The number of nitro groups is 1. The Labute approximate surface area is 113 Å². The highest BCUT2D eigenvalue weighted by Gasteiger charge is 2.18. The molecule has 0 saturated carbocycles. The Morgan fingerprint density at radius 3 is 2.21 bits per heavy atom. The first-order valence-electron chi connectivity index (χ1n) is 5.76. The van der Waals surface area contributed by atoms with E-state index in [4.69, 9.17) is 0 Å². The van der Waals surface area contributed by atoms with Gasteiger partial charge in [0.25, 0.3) is 5.69 Å². The summed E-state index contributed by atoms with van der Waals surface area (Å²) in [5.74, 6) is 0.495. The van der Waals surface area contributed by atoms with Gasteiger partial charge >= 0.3 is 0 Å². The number of hydrogen-bond donors (Lipinski definition) is 1. The number of rotatable bonds is 4. The van der Waals surface area contributed by atoms with Gasteiger partial charge in [0, 0.05) is 22.8 Å². The minimum Gasteiger partial charge on any atom is -0.347 e. The second-order valence-corrected chi connectivity index (χ2v) is 7.26. The Hall–Kier alpha value is -1.85. The van der Waals surface area contributed by atoms with Crippen molar-refractivity contribution in [3.63, 3.8) is 0 Å². The molecule has 0 spiro atoms. The van der Waals surface area contributed by atoms with Crippen molar-refractivity contribution in [1.82, 2.24) is 0 Å². The highest BCUT2D eigenvalue weighted by Crippen LogP contribution is 2.51. The first kappa shape index (κ1) is 13.6. The summed E-state index contributed by atoms with van der Waals surface area (Å²) in [4.78, 5) is 11.1. The van der Waals surface area contributed by atoms with E-state index in [1.54, 1.807) is 12.1 Å². The minimum absolute atomic E-state index is 0.0677. The van der Waals surface area contributed by atoms with Crippen LogP contribution in [0.2, 0.25) is 0 Å². The SMILES string of the molecule is CS(O)(Cc1ccc([N+](=O)[O-])cc1)c1ccccc1. The van der Waals surface area contributed by atoms with E-state index < -0.39 is 15.2 Å². The van der Waals surface area contributed by atoms with E-state index in [1.807, 2.05) is 36.6 Å². The molecule has 5 heteroatoms. The van der Waals surface area contributed by atoms with Crippen LogP contribution in [-0.2, 0) is 5.75 Å². The van der Waals surface area contributed by atoms with Gasteiger partial charge < -0.3 is 4.55 Å². The summed E-state index contributed by atoms with van der Waals surface area (Å²) in [6.45, 7) is 0. The summed E-state index contributed by atoms with van der Waals surface area (Å²) in [7, 11) is -1.92. The van der Waals surface area contributed by atoms with Crippen LogP contribution in [0.25, 0.3) is 0 Å². The first-order chi connectivity index (χ1) is 8.99. The molecule has 1 unspecified atom stereocenters. The fourth-order valence-corrected chi connectivity index (χ4v) is 3.59. The predicted octanol–water partition coefficient (Wildman–Crippen LogP) is 4.06. The molecule has 1 N–H and O–H groups in total. The molecule has 0 saturated heterocycles. The molecule has 0 aliphatic rings. The Morgan fingerprint density at radius 1 is 1.11 bits per heavy atom. The molecule has 0 fully saturated rings. The summed E-state index contributed by atoms with van der Waals surface area (Å²) >= 11 is 0. The average molecular weight is 277 g/mol. The third kappa shape index (κ3) is 3.33. The molecule has 2 aromatic carbocycles. The van der Waals surface area contributed by atoms with Gasteiger partial charge in [-0.15, -0.1) is 10.3 Å². The van der Waals surface area contributed by atoms with Crippen LogP contribution in [-0.4, -0.2) is 15.7 Å². The van der Waals surface area contributed by atoms with Crippen molar-refractivity contribution in [2.24, 2.45) is 0 Å². The van der Waals surface area contributed by atoms with Gasteiger partial charge in [-0.05, 0) is 24.0 Å². The van der Waals surface area contributed by atoms with Crippen molar-refractivity contribution in [2.75, 3.05) is 6.26 Å². The number of nitro benzene ring substituents is 1. The molecule has 4 nitrogen and oxygen atoms in total. The van der Waals surface area contributed by atoms with E-state index in [0.717, 1.165) is 10.5 Å². The maximum absolute atomic E-state index is 10.6. The van der Waals surface area contributed by atoms with E-state index in [2.05, 4.69) is 0 Å². The number of nitrogens with zero attached hydrogens (tertiary/aromatic N) is 1. The maximum atomic E-state index is 10.6. The van der Waals surface area contributed by atoms with Crippen LogP contribution in [0.5, 0.6) is 0 Å². The Balaban J connectivity index is 2.18. The zero-order valence-corrected chi connectivity index (χ0v) is 11.3. The van der Waals surface area contributed by atoms with Crippen LogP contribution in [0.4, 0.5) is 5.69 Å². The van der Waals surface area contributed by atoms with Crippen LogP contribution in [0.3, 0.4) is 0 Å². The van der Waals surface area contributed by atoms with Crippen LogP contribution in [0, 0.1) is 10.1 Å². The van der Waals surface area contributed by atoms with E-state index in [1.165, 1.54) is 12.1 Å². The second-order valence-electron chi connectivity index (χ2n) is 4.42. The van der Waals surface area contributed by atoms with Crippen LogP contribution >= 0.6 is 10.3 Å². The summed E-state index contributed by atoms with van der Waals surface area (Å²) in [5.41, 5.74) is 0.965. The van der Waals surface area contributed by atoms with Crippen LogP contribution < -0.4 is 0 Å². The molecule has 1 atom stereocenters. The lowest BCUT2D eigenvalue weighted by atomic mass is 10.2. The second kappa shape index (κ2) is 5.42. The summed E-state index contributed by atoms with van der Waals surface area (Å²) in [5, 5.41) is 10.6. The lowest BCUT2D eigenvalue weighted by molar-refractivity contribution is -0.384. The molecule has 2 rings (SSSR count). The maximum Gasteiger partial charge on any atom is 0.269 e. The van der Waals surface area contributed by atoms with Gasteiger partial charge in [0.05, 0.1) is 4.92 Å². The van der Waals surface area contributed by atoms with Crippen LogP contribution in [0.15, 0.2) is 59.5 Å². The lowest BCUT2D eigenvalue weighted by Crippen LogP contribution is -2.01. The fourth-order valence-electron chi connectivity index (χ4n) is 1.84. The number of non-ortho nitro benzene ring substituents is 1. The Bertz CT molecular complexity index is 567. The highest BCUT2D eigenvalue weighted by atomic mass is 32.3. The number of benzene rings is 2. The van der Waals surface area contributed by atoms with Crippen molar-refractivity contribution < 1.29 is 9.48 Å². The monoisotopic (exact) mass is 277 g/mol. The molecule has 19 heavy (non-hydrogen) atoms. The standard InChI is InChI=1S/C14H15NO3S/c1-19(18,14-5-3-2-4-6-14)11-12-7-9-13(10-8-12)15(16)17/h2-10,18H,11H2,1H3. The van der Waals surface area contributed by atoms with Crippen molar-refractivity contribution in [1.29, 1.82) is 0 Å². The molecule has 0 amide bonds. The third-order valence-corrected chi connectivity index (χ3v) is 5.03. The van der Waals surface area contributed by atoms with Crippen LogP contribution in [0.1, 0.15) is 5.56 Å². The molecular formula is C14H15NO3S. The van der Waals surface area contributed by atoms with E-state index >= 15 is 0 Å².